The zero-order valence-corrected chi connectivity index (χ0v) is 16.2. The summed E-state index contributed by atoms with van der Waals surface area (Å²) >= 11 is 6.28. The van der Waals surface area contributed by atoms with Crippen LogP contribution in [0.4, 0.5) is 0 Å². The number of hydrogen-bond donors (Lipinski definition) is 2. The number of aromatic nitrogens is 1. The molecule has 0 aliphatic carbocycles. The van der Waals surface area contributed by atoms with Gasteiger partial charge in [-0.05, 0) is 30.3 Å². The molecule has 1 aromatic heterocycles. The van der Waals surface area contributed by atoms with E-state index in [1.165, 1.54) is 0 Å². The smallest absolute Gasteiger partial charge is 0.258 e. The molecule has 0 unspecified atom stereocenters. The Hall–Kier alpha value is -3.38. The first-order valence-corrected chi connectivity index (χ1v) is 8.84. The van der Waals surface area contributed by atoms with Crippen molar-refractivity contribution in [1.82, 2.24) is 10.3 Å². The normalized spacial score (nSPS) is 12.1. The van der Waals surface area contributed by atoms with Crippen LogP contribution in [-0.2, 0) is 0 Å². The van der Waals surface area contributed by atoms with Crippen molar-refractivity contribution in [3.05, 3.63) is 77.0 Å². The van der Waals surface area contributed by atoms with Crippen molar-refractivity contribution < 1.29 is 9.53 Å². The van der Waals surface area contributed by atoms with E-state index in [2.05, 4.69) is 15.3 Å². The molecule has 0 radical (unpaired) electrons. The Bertz CT molecular complexity index is 1090. The van der Waals surface area contributed by atoms with Crippen LogP contribution in [0.5, 0.6) is 5.75 Å². The monoisotopic (exact) mass is 394 g/mol. The third-order valence-corrected chi connectivity index (χ3v) is 4.44. The van der Waals surface area contributed by atoms with Crippen LogP contribution in [0, 0.1) is 0 Å². The van der Waals surface area contributed by atoms with E-state index < -0.39 is 5.91 Å². The van der Waals surface area contributed by atoms with Crippen molar-refractivity contribution in [2.45, 2.75) is 0 Å². The van der Waals surface area contributed by atoms with E-state index in [9.17, 15) is 4.79 Å². The average molecular weight is 395 g/mol. The molecule has 6 nitrogen and oxygen atoms in total. The SMILES string of the molecule is CN=C(/C=C(\N)c1ccccc1OC)NC(=O)c1cc2ncccc2cc1Cl. The minimum absolute atomic E-state index is 0.297. The summed E-state index contributed by atoms with van der Waals surface area (Å²) in [5.74, 6) is 0.523. The summed E-state index contributed by atoms with van der Waals surface area (Å²) in [6.45, 7) is 0. The summed E-state index contributed by atoms with van der Waals surface area (Å²) in [5, 5.41) is 3.91. The molecule has 0 spiro atoms. The van der Waals surface area contributed by atoms with Crippen LogP contribution in [-0.4, -0.2) is 30.9 Å². The maximum absolute atomic E-state index is 12.7. The number of rotatable bonds is 4. The van der Waals surface area contributed by atoms with Gasteiger partial charge >= 0.3 is 0 Å². The number of nitrogens with zero attached hydrogens (tertiary/aromatic N) is 2. The number of para-hydroxylation sites is 1. The molecule has 3 rings (SSSR count). The van der Waals surface area contributed by atoms with Crippen molar-refractivity contribution in [2.24, 2.45) is 10.7 Å². The number of amides is 1. The number of hydrogen-bond acceptors (Lipinski definition) is 5. The highest BCUT2D eigenvalue weighted by molar-refractivity contribution is 6.35. The van der Waals surface area contributed by atoms with Crippen LogP contribution >= 0.6 is 11.6 Å². The van der Waals surface area contributed by atoms with Crippen LogP contribution in [0.3, 0.4) is 0 Å². The van der Waals surface area contributed by atoms with E-state index in [0.29, 0.717) is 38.9 Å². The van der Waals surface area contributed by atoms with Crippen molar-refractivity contribution in [3.8, 4) is 5.75 Å². The van der Waals surface area contributed by atoms with Crippen LogP contribution in [0.15, 0.2) is 65.8 Å². The molecule has 0 saturated heterocycles. The Morgan fingerprint density at radius 1 is 1.21 bits per heavy atom. The number of aliphatic imine (C=N–C) groups is 1. The minimum atomic E-state index is -0.401. The van der Waals surface area contributed by atoms with Gasteiger partial charge in [-0.25, -0.2) is 0 Å². The van der Waals surface area contributed by atoms with Gasteiger partial charge in [0.2, 0.25) is 0 Å². The van der Waals surface area contributed by atoms with Crippen LogP contribution in [0.2, 0.25) is 5.02 Å². The Morgan fingerprint density at radius 2 is 2.00 bits per heavy atom. The van der Waals surface area contributed by atoms with E-state index in [1.54, 1.807) is 44.6 Å². The quantitative estimate of drug-likeness (QED) is 0.522. The average Bonchev–Trinajstić information content (AvgIpc) is 2.72. The fraction of sp³-hybridized carbons (Fsp3) is 0.0952. The van der Waals surface area contributed by atoms with Crippen molar-refractivity contribution >= 4 is 39.9 Å². The topological polar surface area (TPSA) is 89.6 Å². The highest BCUT2D eigenvalue weighted by Gasteiger charge is 2.14. The molecule has 0 fully saturated rings. The molecule has 0 atom stereocenters. The van der Waals surface area contributed by atoms with Gasteiger partial charge in [-0.3, -0.25) is 14.8 Å². The lowest BCUT2D eigenvalue weighted by molar-refractivity contribution is 0.0977. The molecule has 1 amide bonds. The zero-order valence-electron chi connectivity index (χ0n) is 15.4. The summed E-state index contributed by atoms with van der Waals surface area (Å²) in [4.78, 5) is 21.1. The standard InChI is InChI=1S/C21H19ClN4O2/c1-24-20(12-17(23)14-7-3-4-8-19(14)28-2)26-21(27)15-11-18-13(10-16(15)22)6-5-9-25-18/h3-12H,23H2,1-2H3,(H,24,26,27)/b17-12-. The fourth-order valence-corrected chi connectivity index (χ4v) is 2.97. The third-order valence-electron chi connectivity index (χ3n) is 4.13. The van der Waals surface area contributed by atoms with Crippen molar-refractivity contribution in [3.63, 3.8) is 0 Å². The summed E-state index contributed by atoms with van der Waals surface area (Å²) < 4.78 is 5.32. The van der Waals surface area contributed by atoms with Gasteiger partial charge in [0.15, 0.2) is 0 Å². The minimum Gasteiger partial charge on any atom is -0.496 e. The molecule has 0 bridgehead atoms. The Morgan fingerprint density at radius 3 is 2.75 bits per heavy atom. The molecule has 3 aromatic rings. The number of benzene rings is 2. The second-order valence-electron chi connectivity index (χ2n) is 5.89. The Labute approximate surface area is 167 Å². The lowest BCUT2D eigenvalue weighted by atomic mass is 10.1. The number of methoxy groups -OCH3 is 1. The zero-order chi connectivity index (χ0) is 20.1. The molecule has 1 heterocycles. The third kappa shape index (κ3) is 4.13. The number of nitrogens with one attached hydrogen (secondary N) is 1. The van der Waals surface area contributed by atoms with Crippen LogP contribution in [0.1, 0.15) is 15.9 Å². The molecule has 0 aliphatic rings. The van der Waals surface area contributed by atoms with E-state index >= 15 is 0 Å². The predicted octanol–water partition coefficient (Wildman–Crippen LogP) is 3.65. The Balaban J connectivity index is 1.87. The largest absolute Gasteiger partial charge is 0.496 e. The number of carbonyl (C=O) groups excluding carboxylic acids is 1. The summed E-state index contributed by atoms with van der Waals surface area (Å²) in [6, 6.07) is 14.4. The number of ether oxygens (including phenoxy) is 1. The van der Waals surface area contributed by atoms with Gasteiger partial charge in [0, 0.05) is 36.0 Å². The second-order valence-corrected chi connectivity index (χ2v) is 6.30. The maximum atomic E-state index is 12.7. The van der Waals surface area contributed by atoms with Gasteiger partial charge < -0.3 is 15.8 Å². The first-order valence-electron chi connectivity index (χ1n) is 8.46. The number of amidine groups is 1. The van der Waals surface area contributed by atoms with E-state index in [-0.39, 0.29) is 0 Å². The molecule has 3 N–H and O–H groups in total. The van der Waals surface area contributed by atoms with E-state index in [0.717, 1.165) is 5.39 Å². The van der Waals surface area contributed by atoms with Gasteiger partial charge in [-0.1, -0.05) is 29.8 Å². The van der Waals surface area contributed by atoms with Crippen LogP contribution < -0.4 is 15.8 Å². The molecule has 0 aliphatic heterocycles. The number of pyridine rings is 1. The number of halogens is 1. The number of nitrogens with two attached hydrogens (primary N) is 1. The lowest BCUT2D eigenvalue weighted by Crippen LogP contribution is -2.30. The molecule has 28 heavy (non-hydrogen) atoms. The highest BCUT2D eigenvalue weighted by Crippen LogP contribution is 2.24. The van der Waals surface area contributed by atoms with Gasteiger partial charge in [-0.15, -0.1) is 0 Å². The van der Waals surface area contributed by atoms with E-state index in [1.807, 2.05) is 30.3 Å². The van der Waals surface area contributed by atoms with Gasteiger partial charge in [0.1, 0.15) is 11.6 Å². The highest BCUT2D eigenvalue weighted by atomic mass is 35.5. The Kier molecular flexibility index (Phi) is 5.91. The molecule has 2 aromatic carbocycles. The molecule has 0 saturated carbocycles. The lowest BCUT2D eigenvalue weighted by Gasteiger charge is -2.11. The predicted molar refractivity (Wildman–Crippen MR) is 113 cm³/mol. The van der Waals surface area contributed by atoms with Gasteiger partial charge in [0.05, 0.1) is 23.2 Å². The second kappa shape index (κ2) is 8.54. The first-order chi connectivity index (χ1) is 13.5. The van der Waals surface area contributed by atoms with Gasteiger partial charge in [0.25, 0.3) is 5.91 Å². The summed E-state index contributed by atoms with van der Waals surface area (Å²) in [6.07, 6.45) is 3.23. The maximum Gasteiger partial charge on any atom is 0.258 e. The molecular weight excluding hydrogens is 376 g/mol. The first kappa shape index (κ1) is 19.4. The number of carbonyl (C=O) groups is 1. The molecule has 142 valence electrons. The summed E-state index contributed by atoms with van der Waals surface area (Å²) in [7, 11) is 3.13. The van der Waals surface area contributed by atoms with E-state index in [4.69, 9.17) is 22.1 Å². The number of fused-ring (bicyclic) bond motifs is 1. The van der Waals surface area contributed by atoms with Crippen molar-refractivity contribution in [2.75, 3.05) is 14.2 Å². The fourth-order valence-electron chi connectivity index (χ4n) is 2.71. The molecule has 7 heteroatoms. The van der Waals surface area contributed by atoms with Crippen molar-refractivity contribution in [1.29, 1.82) is 0 Å². The van der Waals surface area contributed by atoms with Crippen LogP contribution in [0.25, 0.3) is 16.6 Å². The van der Waals surface area contributed by atoms with Gasteiger partial charge in [-0.2, -0.15) is 0 Å². The summed E-state index contributed by atoms with van der Waals surface area (Å²) in [5.41, 5.74) is 8.27. The molecular formula is C21H19ClN4O2.